The third-order valence-corrected chi connectivity index (χ3v) is 2.35. The lowest BCUT2D eigenvalue weighted by molar-refractivity contribution is 0.790. The monoisotopic (exact) mass is 199 g/mol. The molecule has 0 spiro atoms. The van der Waals surface area contributed by atoms with E-state index >= 15 is 0 Å². The molecule has 0 fully saturated rings. The Morgan fingerprint density at radius 2 is 1.77 bits per heavy atom. The van der Waals surface area contributed by atoms with Crippen molar-refractivity contribution in [3.8, 4) is 0 Å². The van der Waals surface area contributed by atoms with Gasteiger partial charge in [0.1, 0.15) is 0 Å². The van der Waals surface area contributed by atoms with Crippen LogP contribution in [0.4, 0.5) is 0 Å². The van der Waals surface area contributed by atoms with Crippen LogP contribution in [0, 0.1) is 0 Å². The normalized spacial score (nSPS) is 9.38. The van der Waals surface area contributed by atoms with E-state index < -0.39 is 0 Å². The maximum atomic E-state index is 5.81. The van der Waals surface area contributed by atoms with E-state index in [1.807, 2.05) is 6.07 Å². The zero-order valence-electron chi connectivity index (χ0n) is 8.22. The van der Waals surface area contributed by atoms with Gasteiger partial charge in [0.2, 0.25) is 0 Å². The SMILES string of the molecule is CCCCc1ccccc1CCl.N. The van der Waals surface area contributed by atoms with Gasteiger partial charge in [0.05, 0.1) is 0 Å². The molecule has 1 nitrogen and oxygen atoms in total. The van der Waals surface area contributed by atoms with Gasteiger partial charge in [0, 0.05) is 5.88 Å². The molecule has 2 heteroatoms. The fourth-order valence-corrected chi connectivity index (χ4v) is 1.56. The first-order chi connectivity index (χ1) is 5.88. The lowest BCUT2D eigenvalue weighted by atomic mass is 10.0. The molecule has 0 aliphatic heterocycles. The highest BCUT2D eigenvalue weighted by Crippen LogP contribution is 2.13. The van der Waals surface area contributed by atoms with Gasteiger partial charge in [0.25, 0.3) is 0 Å². The number of rotatable bonds is 4. The van der Waals surface area contributed by atoms with Crippen molar-refractivity contribution < 1.29 is 0 Å². The summed E-state index contributed by atoms with van der Waals surface area (Å²) in [6.07, 6.45) is 3.67. The van der Waals surface area contributed by atoms with E-state index in [0.717, 1.165) is 0 Å². The van der Waals surface area contributed by atoms with Gasteiger partial charge in [-0.3, -0.25) is 0 Å². The molecule has 0 unspecified atom stereocenters. The van der Waals surface area contributed by atoms with Crippen LogP contribution in [0.3, 0.4) is 0 Å². The molecule has 0 amide bonds. The summed E-state index contributed by atoms with van der Waals surface area (Å²) in [5, 5.41) is 0. The van der Waals surface area contributed by atoms with Gasteiger partial charge in [-0.2, -0.15) is 0 Å². The second kappa shape index (κ2) is 6.93. The van der Waals surface area contributed by atoms with Crippen molar-refractivity contribution in [1.29, 1.82) is 0 Å². The lowest BCUT2D eigenvalue weighted by Gasteiger charge is -2.04. The van der Waals surface area contributed by atoms with Crippen LogP contribution in [0.1, 0.15) is 30.9 Å². The van der Waals surface area contributed by atoms with Gasteiger partial charge in [-0.25, -0.2) is 0 Å². The minimum Gasteiger partial charge on any atom is -0.344 e. The maximum Gasteiger partial charge on any atom is 0.0476 e. The standard InChI is InChI=1S/C11H15Cl.H3N/c1-2-3-6-10-7-4-5-8-11(10)9-12;/h4-5,7-8H,2-3,6,9H2,1H3;1H3. The van der Waals surface area contributed by atoms with Crippen molar-refractivity contribution in [2.75, 3.05) is 0 Å². The van der Waals surface area contributed by atoms with Crippen LogP contribution in [0.2, 0.25) is 0 Å². The first kappa shape index (κ1) is 12.5. The molecule has 0 aliphatic carbocycles. The Morgan fingerprint density at radius 1 is 1.15 bits per heavy atom. The number of hydrogen-bond donors (Lipinski definition) is 1. The highest BCUT2D eigenvalue weighted by atomic mass is 35.5. The molecule has 0 aliphatic rings. The van der Waals surface area contributed by atoms with Crippen LogP contribution in [-0.4, -0.2) is 0 Å². The summed E-state index contributed by atoms with van der Waals surface area (Å²) in [4.78, 5) is 0. The first-order valence-electron chi connectivity index (χ1n) is 4.51. The second-order valence-corrected chi connectivity index (χ2v) is 3.27. The molecule has 0 saturated carbocycles. The smallest absolute Gasteiger partial charge is 0.0476 e. The van der Waals surface area contributed by atoms with Gasteiger partial charge in [-0.05, 0) is 24.0 Å². The van der Waals surface area contributed by atoms with Crippen molar-refractivity contribution in [1.82, 2.24) is 6.15 Å². The largest absolute Gasteiger partial charge is 0.344 e. The number of hydrogen-bond acceptors (Lipinski definition) is 1. The molecule has 13 heavy (non-hydrogen) atoms. The molecule has 0 bridgehead atoms. The summed E-state index contributed by atoms with van der Waals surface area (Å²) in [5.74, 6) is 0.639. The van der Waals surface area contributed by atoms with E-state index in [0.29, 0.717) is 5.88 Å². The molecule has 74 valence electrons. The summed E-state index contributed by atoms with van der Waals surface area (Å²) >= 11 is 5.81. The van der Waals surface area contributed by atoms with Gasteiger partial charge >= 0.3 is 0 Å². The average Bonchev–Trinajstić information content (AvgIpc) is 2.15. The molecule has 0 radical (unpaired) electrons. The van der Waals surface area contributed by atoms with Crippen LogP contribution >= 0.6 is 11.6 Å². The fourth-order valence-electron chi connectivity index (χ4n) is 1.30. The summed E-state index contributed by atoms with van der Waals surface area (Å²) in [6, 6.07) is 8.42. The van der Waals surface area contributed by atoms with E-state index in [1.165, 1.54) is 30.4 Å². The Morgan fingerprint density at radius 3 is 2.31 bits per heavy atom. The second-order valence-electron chi connectivity index (χ2n) is 3.01. The number of aryl methyl sites for hydroxylation is 1. The van der Waals surface area contributed by atoms with Gasteiger partial charge in [-0.15, -0.1) is 11.6 Å². The molecular formula is C11H18ClN. The summed E-state index contributed by atoms with van der Waals surface area (Å²) in [7, 11) is 0. The van der Waals surface area contributed by atoms with Crippen LogP contribution < -0.4 is 6.15 Å². The van der Waals surface area contributed by atoms with Gasteiger partial charge < -0.3 is 6.15 Å². The summed E-state index contributed by atoms with van der Waals surface area (Å²) < 4.78 is 0. The average molecular weight is 200 g/mol. The molecular weight excluding hydrogens is 182 g/mol. The van der Waals surface area contributed by atoms with E-state index in [-0.39, 0.29) is 6.15 Å². The molecule has 0 aromatic heterocycles. The maximum absolute atomic E-state index is 5.81. The molecule has 0 heterocycles. The van der Waals surface area contributed by atoms with Crippen LogP contribution in [0.5, 0.6) is 0 Å². The molecule has 0 atom stereocenters. The fraction of sp³-hybridized carbons (Fsp3) is 0.455. The predicted octanol–water partition coefficient (Wildman–Crippen LogP) is 3.93. The van der Waals surface area contributed by atoms with Crippen molar-refractivity contribution in [2.24, 2.45) is 0 Å². The quantitative estimate of drug-likeness (QED) is 0.733. The third kappa shape index (κ3) is 3.79. The minimum absolute atomic E-state index is 0. The van der Waals surface area contributed by atoms with E-state index in [1.54, 1.807) is 0 Å². The van der Waals surface area contributed by atoms with Gasteiger partial charge in [0.15, 0.2) is 0 Å². The van der Waals surface area contributed by atoms with Crippen LogP contribution in [0.15, 0.2) is 24.3 Å². The highest BCUT2D eigenvalue weighted by Gasteiger charge is 1.98. The third-order valence-electron chi connectivity index (χ3n) is 2.06. The zero-order chi connectivity index (χ0) is 8.81. The summed E-state index contributed by atoms with van der Waals surface area (Å²) in [5.41, 5.74) is 2.70. The highest BCUT2D eigenvalue weighted by molar-refractivity contribution is 6.17. The van der Waals surface area contributed by atoms with Crippen molar-refractivity contribution in [3.05, 3.63) is 35.4 Å². The van der Waals surface area contributed by atoms with E-state index in [2.05, 4.69) is 25.1 Å². The number of alkyl halides is 1. The Labute approximate surface area is 85.7 Å². The van der Waals surface area contributed by atoms with Crippen molar-refractivity contribution >= 4 is 11.6 Å². The number of benzene rings is 1. The van der Waals surface area contributed by atoms with Crippen LogP contribution in [-0.2, 0) is 12.3 Å². The molecule has 0 saturated heterocycles. The Balaban J connectivity index is 0.00000144. The van der Waals surface area contributed by atoms with Crippen molar-refractivity contribution in [3.63, 3.8) is 0 Å². The predicted molar refractivity (Wildman–Crippen MR) is 59.6 cm³/mol. The van der Waals surface area contributed by atoms with Gasteiger partial charge in [-0.1, -0.05) is 37.6 Å². The summed E-state index contributed by atoms with van der Waals surface area (Å²) in [6.45, 7) is 2.21. The first-order valence-corrected chi connectivity index (χ1v) is 5.04. The zero-order valence-corrected chi connectivity index (χ0v) is 8.98. The lowest BCUT2D eigenvalue weighted by Crippen LogP contribution is -1.90. The molecule has 1 rings (SSSR count). The number of unbranched alkanes of at least 4 members (excludes halogenated alkanes) is 1. The van der Waals surface area contributed by atoms with Crippen LogP contribution in [0.25, 0.3) is 0 Å². The molecule has 1 aromatic carbocycles. The minimum atomic E-state index is 0. The Bertz CT molecular complexity index is 235. The Kier molecular flexibility index (Phi) is 6.65. The van der Waals surface area contributed by atoms with E-state index in [9.17, 15) is 0 Å². The topological polar surface area (TPSA) is 35.0 Å². The van der Waals surface area contributed by atoms with E-state index in [4.69, 9.17) is 11.6 Å². The Hall–Kier alpha value is -0.530. The molecule has 3 N–H and O–H groups in total. The van der Waals surface area contributed by atoms with Crippen molar-refractivity contribution in [2.45, 2.75) is 32.1 Å². The molecule has 1 aromatic rings. The number of halogens is 1.